The van der Waals surface area contributed by atoms with Crippen LogP contribution in [0.15, 0.2) is 12.2 Å². The van der Waals surface area contributed by atoms with Gasteiger partial charge in [-0.1, -0.05) is 12.2 Å². The van der Waals surface area contributed by atoms with Gasteiger partial charge in [-0.15, -0.1) is 0 Å². The lowest BCUT2D eigenvalue weighted by Gasteiger charge is -2.31. The Kier molecular flexibility index (Phi) is 6.80. The lowest BCUT2D eigenvalue weighted by Crippen LogP contribution is -2.56. The van der Waals surface area contributed by atoms with Crippen LogP contribution in [0.5, 0.6) is 0 Å². The van der Waals surface area contributed by atoms with Crippen molar-refractivity contribution in [2.45, 2.75) is 50.9 Å². The average molecular weight is 300 g/mol. The van der Waals surface area contributed by atoms with Gasteiger partial charge in [0, 0.05) is 19.6 Å². The molecule has 0 aromatic carbocycles. The Balaban J connectivity index is 2.95. The van der Waals surface area contributed by atoms with E-state index in [1.165, 1.54) is 6.92 Å². The van der Waals surface area contributed by atoms with Crippen LogP contribution in [-0.2, 0) is 9.59 Å². The molecule has 7 heteroatoms. The van der Waals surface area contributed by atoms with Crippen LogP contribution in [0.1, 0.15) is 26.7 Å². The molecule has 7 nitrogen and oxygen atoms in total. The van der Waals surface area contributed by atoms with Gasteiger partial charge in [-0.2, -0.15) is 0 Å². The van der Waals surface area contributed by atoms with Gasteiger partial charge in [-0.3, -0.25) is 14.9 Å². The zero-order chi connectivity index (χ0) is 16.0. The number of aliphatic hydroxyl groups is 2. The fraction of sp³-hybridized carbons (Fsp3) is 0.714. The maximum Gasteiger partial charge on any atom is 0.320 e. The molecular formula is C14H24N2O5. The van der Waals surface area contributed by atoms with E-state index in [2.05, 4.69) is 10.6 Å². The minimum atomic E-state index is -0.953. The first-order chi connectivity index (χ1) is 9.90. The standard InChI is InChI=1S/C14H24N2O5/c1-3-4-9-7-10(14(20)21)16-12(9)13(15-8(2)18)11(19)5-6-17/h3-4,9-13,16-17,19H,5-7H2,1-2H3,(H,15,18)(H,20,21)/b4-3-/t9-,10-,11+,12-,13+/m1/s1. The Hall–Kier alpha value is -1.44. The summed E-state index contributed by atoms with van der Waals surface area (Å²) in [5.41, 5.74) is 0. The number of nitrogens with one attached hydrogen (secondary N) is 2. The third-order valence-electron chi connectivity index (χ3n) is 3.70. The molecule has 5 atom stereocenters. The summed E-state index contributed by atoms with van der Waals surface area (Å²) in [6, 6.07) is -1.76. The Bertz CT molecular complexity index is 399. The Morgan fingerprint density at radius 2 is 2.14 bits per heavy atom. The van der Waals surface area contributed by atoms with E-state index < -0.39 is 30.2 Å². The second kappa shape index (κ2) is 8.11. The van der Waals surface area contributed by atoms with E-state index in [4.69, 9.17) is 10.2 Å². The van der Waals surface area contributed by atoms with Crippen LogP contribution in [0, 0.1) is 5.92 Å². The molecule has 1 rings (SSSR count). The molecule has 1 saturated heterocycles. The monoisotopic (exact) mass is 300 g/mol. The zero-order valence-corrected chi connectivity index (χ0v) is 12.3. The summed E-state index contributed by atoms with van der Waals surface area (Å²) < 4.78 is 0. The molecule has 0 aliphatic carbocycles. The van der Waals surface area contributed by atoms with Crippen molar-refractivity contribution in [1.29, 1.82) is 0 Å². The molecule has 0 aromatic heterocycles. The van der Waals surface area contributed by atoms with Crippen LogP contribution >= 0.6 is 0 Å². The summed E-state index contributed by atoms with van der Waals surface area (Å²) in [5.74, 6) is -1.37. The number of aliphatic carboxylic acids is 1. The Labute approximate surface area is 124 Å². The van der Waals surface area contributed by atoms with E-state index in [1.54, 1.807) is 0 Å². The number of carbonyl (C=O) groups excluding carboxylic acids is 1. The highest BCUT2D eigenvalue weighted by Gasteiger charge is 2.42. The van der Waals surface area contributed by atoms with Crippen molar-refractivity contribution in [1.82, 2.24) is 10.6 Å². The lowest BCUT2D eigenvalue weighted by atomic mass is 9.89. The van der Waals surface area contributed by atoms with Crippen molar-refractivity contribution in [3.8, 4) is 0 Å². The first kappa shape index (κ1) is 17.6. The normalized spacial score (nSPS) is 28.5. The number of allylic oxidation sites excluding steroid dienone is 1. The van der Waals surface area contributed by atoms with Gasteiger partial charge in [0.15, 0.2) is 0 Å². The minimum Gasteiger partial charge on any atom is -0.480 e. The quantitative estimate of drug-likeness (QED) is 0.394. The maximum absolute atomic E-state index is 11.4. The lowest BCUT2D eigenvalue weighted by molar-refractivity contribution is -0.139. The van der Waals surface area contributed by atoms with E-state index in [-0.39, 0.29) is 24.9 Å². The molecule has 0 bridgehead atoms. The van der Waals surface area contributed by atoms with Crippen LogP contribution in [0.25, 0.3) is 0 Å². The van der Waals surface area contributed by atoms with Gasteiger partial charge >= 0.3 is 5.97 Å². The summed E-state index contributed by atoms with van der Waals surface area (Å²) in [6.45, 7) is 2.97. The summed E-state index contributed by atoms with van der Waals surface area (Å²) in [5, 5.41) is 33.9. The summed E-state index contributed by atoms with van der Waals surface area (Å²) in [7, 11) is 0. The fourth-order valence-corrected chi connectivity index (χ4v) is 2.80. The van der Waals surface area contributed by atoms with E-state index in [9.17, 15) is 14.7 Å². The molecule has 0 unspecified atom stereocenters. The molecular weight excluding hydrogens is 276 g/mol. The van der Waals surface area contributed by atoms with Crippen LogP contribution < -0.4 is 10.6 Å². The molecule has 1 aliphatic heterocycles. The van der Waals surface area contributed by atoms with E-state index >= 15 is 0 Å². The van der Waals surface area contributed by atoms with Crippen LogP contribution in [-0.4, -0.2) is 58.0 Å². The zero-order valence-electron chi connectivity index (χ0n) is 12.3. The first-order valence-corrected chi connectivity index (χ1v) is 7.08. The maximum atomic E-state index is 11.4. The van der Waals surface area contributed by atoms with E-state index in [1.807, 2.05) is 19.1 Å². The van der Waals surface area contributed by atoms with Gasteiger partial charge in [-0.05, 0) is 25.7 Å². The topological polar surface area (TPSA) is 119 Å². The predicted molar refractivity (Wildman–Crippen MR) is 76.6 cm³/mol. The number of aliphatic hydroxyl groups excluding tert-OH is 2. The second-order valence-electron chi connectivity index (χ2n) is 5.31. The highest BCUT2D eigenvalue weighted by atomic mass is 16.4. The van der Waals surface area contributed by atoms with Gasteiger partial charge in [0.1, 0.15) is 6.04 Å². The molecule has 0 aromatic rings. The minimum absolute atomic E-state index is 0.110. The first-order valence-electron chi connectivity index (χ1n) is 7.08. The summed E-state index contributed by atoms with van der Waals surface area (Å²) in [4.78, 5) is 22.5. The van der Waals surface area contributed by atoms with Crippen LogP contribution in [0.2, 0.25) is 0 Å². The Morgan fingerprint density at radius 3 is 2.62 bits per heavy atom. The molecule has 5 N–H and O–H groups in total. The van der Waals surface area contributed by atoms with Crippen LogP contribution in [0.4, 0.5) is 0 Å². The molecule has 1 heterocycles. The van der Waals surface area contributed by atoms with Crippen molar-refractivity contribution in [3.63, 3.8) is 0 Å². The van der Waals surface area contributed by atoms with Crippen LogP contribution in [0.3, 0.4) is 0 Å². The number of rotatable bonds is 7. The van der Waals surface area contributed by atoms with Gasteiger partial charge in [0.05, 0.1) is 12.1 Å². The molecule has 0 radical (unpaired) electrons. The van der Waals surface area contributed by atoms with Crippen molar-refractivity contribution < 1.29 is 24.9 Å². The average Bonchev–Trinajstić information content (AvgIpc) is 2.80. The van der Waals surface area contributed by atoms with Gasteiger partial charge in [0.2, 0.25) is 5.91 Å². The third kappa shape index (κ3) is 4.80. The summed E-state index contributed by atoms with van der Waals surface area (Å²) in [6.07, 6.45) is 3.26. The third-order valence-corrected chi connectivity index (χ3v) is 3.70. The SMILES string of the molecule is C/C=C\[C@@H]1C[C@H](C(=O)O)N[C@H]1[C@@H](NC(C)=O)[C@@H](O)CCO. The number of carboxylic acids is 1. The highest BCUT2D eigenvalue weighted by molar-refractivity contribution is 5.75. The molecule has 21 heavy (non-hydrogen) atoms. The Morgan fingerprint density at radius 1 is 1.48 bits per heavy atom. The smallest absolute Gasteiger partial charge is 0.320 e. The van der Waals surface area contributed by atoms with Gasteiger partial charge < -0.3 is 20.6 Å². The molecule has 0 spiro atoms. The molecule has 1 amide bonds. The second-order valence-corrected chi connectivity index (χ2v) is 5.31. The van der Waals surface area contributed by atoms with Gasteiger partial charge in [0.25, 0.3) is 0 Å². The number of hydrogen-bond donors (Lipinski definition) is 5. The predicted octanol–water partition coefficient (Wildman–Crippen LogP) is -0.758. The fourth-order valence-electron chi connectivity index (χ4n) is 2.80. The molecule has 1 fully saturated rings. The van der Waals surface area contributed by atoms with Crippen molar-refractivity contribution in [3.05, 3.63) is 12.2 Å². The molecule has 0 saturated carbocycles. The largest absolute Gasteiger partial charge is 0.480 e. The van der Waals surface area contributed by atoms with E-state index in [0.29, 0.717) is 6.42 Å². The molecule has 1 aliphatic rings. The molecule has 120 valence electrons. The van der Waals surface area contributed by atoms with Gasteiger partial charge in [-0.25, -0.2) is 0 Å². The number of carbonyl (C=O) groups is 2. The summed E-state index contributed by atoms with van der Waals surface area (Å²) >= 11 is 0. The number of hydrogen-bond acceptors (Lipinski definition) is 5. The number of carboxylic acid groups (broad SMARTS) is 1. The van der Waals surface area contributed by atoms with Crippen molar-refractivity contribution >= 4 is 11.9 Å². The van der Waals surface area contributed by atoms with E-state index in [0.717, 1.165) is 0 Å². The number of amides is 1. The highest BCUT2D eigenvalue weighted by Crippen LogP contribution is 2.26. The van der Waals surface area contributed by atoms with Crippen molar-refractivity contribution in [2.24, 2.45) is 5.92 Å². The van der Waals surface area contributed by atoms with Crippen molar-refractivity contribution in [2.75, 3.05) is 6.61 Å².